The summed E-state index contributed by atoms with van der Waals surface area (Å²) in [6, 6.07) is 22.6. The molecule has 0 saturated heterocycles. The Bertz CT molecular complexity index is 575. The summed E-state index contributed by atoms with van der Waals surface area (Å²) in [6.07, 6.45) is 1.86. The summed E-state index contributed by atoms with van der Waals surface area (Å²) in [6.45, 7) is 0. The first-order chi connectivity index (χ1) is 8.95. The average Bonchev–Trinajstić information content (AvgIpc) is 2.49. The van der Waals surface area contributed by atoms with E-state index in [1.165, 1.54) is 5.56 Å². The van der Waals surface area contributed by atoms with Crippen molar-refractivity contribution in [3.8, 4) is 22.4 Å². The molecule has 1 aromatic heterocycles. The number of hydrogen-bond acceptors (Lipinski definition) is 1. The van der Waals surface area contributed by atoms with Gasteiger partial charge in [0.1, 0.15) is 5.69 Å². The Hall–Kier alpha value is -2.48. The van der Waals surface area contributed by atoms with Crippen molar-refractivity contribution >= 4 is 0 Å². The lowest BCUT2D eigenvalue weighted by molar-refractivity contribution is -0.453. The van der Waals surface area contributed by atoms with Crippen LogP contribution < -0.4 is 5.10 Å². The molecule has 2 heteroatoms. The van der Waals surface area contributed by atoms with Crippen LogP contribution >= 0.6 is 0 Å². The molecule has 86 valence electrons. The molecule has 0 aliphatic heterocycles. The molecule has 2 nitrogen and oxygen atoms in total. The molecule has 1 heterocycles. The molecule has 0 fully saturated rings. The Labute approximate surface area is 106 Å². The molecule has 18 heavy (non-hydrogen) atoms. The minimum absolute atomic E-state index is 0.976. The number of H-pyrrole nitrogens is 1. The van der Waals surface area contributed by atoms with Crippen LogP contribution in [0.4, 0.5) is 0 Å². The highest BCUT2D eigenvalue weighted by Gasteiger charge is 2.10. The topological polar surface area (TPSA) is 27.0 Å². The molecule has 2 aromatic carbocycles. The lowest BCUT2D eigenvalue weighted by atomic mass is 10.0. The summed E-state index contributed by atoms with van der Waals surface area (Å²) < 4.78 is 0. The predicted octanol–water partition coefficient (Wildman–Crippen LogP) is 3.23. The van der Waals surface area contributed by atoms with Gasteiger partial charge in [0, 0.05) is 17.2 Å². The monoisotopic (exact) mass is 233 g/mol. The van der Waals surface area contributed by atoms with Crippen LogP contribution in [0.3, 0.4) is 0 Å². The maximum absolute atomic E-state index is 4.40. The molecule has 3 aromatic rings. The summed E-state index contributed by atoms with van der Waals surface area (Å²) in [5.41, 5.74) is 4.41. The fourth-order valence-corrected chi connectivity index (χ4v) is 2.03. The first-order valence-corrected chi connectivity index (χ1v) is 5.93. The van der Waals surface area contributed by atoms with Crippen LogP contribution in [-0.2, 0) is 0 Å². The van der Waals surface area contributed by atoms with E-state index in [0.29, 0.717) is 0 Å². The Morgan fingerprint density at radius 1 is 0.667 bits per heavy atom. The summed E-state index contributed by atoms with van der Waals surface area (Å²) in [5.74, 6) is 0. The van der Waals surface area contributed by atoms with Crippen molar-refractivity contribution in [2.45, 2.75) is 0 Å². The first kappa shape index (κ1) is 10.7. The molecular weight excluding hydrogens is 220 g/mol. The lowest BCUT2D eigenvalue weighted by Gasteiger charge is -2.05. The van der Waals surface area contributed by atoms with E-state index in [0.717, 1.165) is 16.8 Å². The third kappa shape index (κ3) is 2.00. The van der Waals surface area contributed by atoms with E-state index in [9.17, 15) is 0 Å². The number of nitrogens with zero attached hydrogens (tertiary/aromatic N) is 1. The quantitative estimate of drug-likeness (QED) is 0.667. The van der Waals surface area contributed by atoms with Crippen LogP contribution in [0, 0.1) is 0 Å². The molecule has 0 spiro atoms. The van der Waals surface area contributed by atoms with E-state index in [4.69, 9.17) is 0 Å². The van der Waals surface area contributed by atoms with Gasteiger partial charge in [0.2, 0.25) is 0 Å². The lowest BCUT2D eigenvalue weighted by Crippen LogP contribution is -2.08. The Morgan fingerprint density at radius 3 is 1.94 bits per heavy atom. The van der Waals surface area contributed by atoms with E-state index >= 15 is 0 Å². The molecule has 0 aliphatic rings. The number of hydrogen-bond donors (Lipinski definition) is 0. The minimum atomic E-state index is 0.976. The molecule has 0 aliphatic carbocycles. The van der Waals surface area contributed by atoms with Crippen molar-refractivity contribution in [1.82, 2.24) is 5.10 Å². The van der Waals surface area contributed by atoms with Gasteiger partial charge >= 0.3 is 0 Å². The Balaban J connectivity index is 2.18. The van der Waals surface area contributed by atoms with Crippen LogP contribution in [0.15, 0.2) is 72.9 Å². The van der Waals surface area contributed by atoms with Gasteiger partial charge in [-0.25, -0.2) is 0 Å². The Morgan fingerprint density at radius 2 is 1.28 bits per heavy atom. The van der Waals surface area contributed by atoms with Crippen LogP contribution in [0.2, 0.25) is 0 Å². The van der Waals surface area contributed by atoms with E-state index in [1.807, 2.05) is 42.6 Å². The van der Waals surface area contributed by atoms with Crippen molar-refractivity contribution in [1.29, 1.82) is 0 Å². The molecule has 1 N–H and O–H groups in total. The highest BCUT2D eigenvalue weighted by Crippen LogP contribution is 2.28. The summed E-state index contributed by atoms with van der Waals surface area (Å²) in [4.78, 5) is 0. The molecule has 3 rings (SSSR count). The van der Waals surface area contributed by atoms with Crippen LogP contribution in [0.1, 0.15) is 0 Å². The van der Waals surface area contributed by atoms with E-state index < -0.39 is 0 Å². The molecule has 0 bridgehead atoms. The minimum Gasteiger partial charge on any atom is -0.106 e. The van der Waals surface area contributed by atoms with Gasteiger partial charge in [0.15, 0.2) is 6.20 Å². The molecule has 0 atom stereocenters. The van der Waals surface area contributed by atoms with Crippen LogP contribution in [-0.4, -0.2) is 5.10 Å². The van der Waals surface area contributed by atoms with E-state index in [1.54, 1.807) is 0 Å². The van der Waals surface area contributed by atoms with E-state index in [2.05, 4.69) is 40.5 Å². The largest absolute Gasteiger partial charge is 0.194 e. The van der Waals surface area contributed by atoms with Gasteiger partial charge in [-0.05, 0) is 10.7 Å². The van der Waals surface area contributed by atoms with Crippen LogP contribution in [0.25, 0.3) is 22.4 Å². The second-order valence-electron chi connectivity index (χ2n) is 4.07. The van der Waals surface area contributed by atoms with Gasteiger partial charge in [0.25, 0.3) is 0 Å². The van der Waals surface area contributed by atoms with Gasteiger partial charge in [-0.2, -0.15) is 0 Å². The number of nitrogens with one attached hydrogen (secondary N) is 1. The second-order valence-corrected chi connectivity index (χ2v) is 4.07. The maximum Gasteiger partial charge on any atom is 0.194 e. The number of rotatable bonds is 2. The predicted molar refractivity (Wildman–Crippen MR) is 71.7 cm³/mol. The first-order valence-electron chi connectivity index (χ1n) is 5.93. The molecule has 0 unspecified atom stereocenters. The summed E-state index contributed by atoms with van der Waals surface area (Å²) in [7, 11) is 0. The molecule has 0 saturated carbocycles. The van der Waals surface area contributed by atoms with E-state index in [-0.39, 0.29) is 0 Å². The summed E-state index contributed by atoms with van der Waals surface area (Å²) >= 11 is 0. The van der Waals surface area contributed by atoms with Crippen molar-refractivity contribution in [2.24, 2.45) is 0 Å². The van der Waals surface area contributed by atoms with Gasteiger partial charge in [-0.1, -0.05) is 60.7 Å². The molecular formula is C16H13N2+. The smallest absolute Gasteiger partial charge is 0.106 e. The van der Waals surface area contributed by atoms with Crippen molar-refractivity contribution in [3.63, 3.8) is 0 Å². The fraction of sp³-hybridized carbons (Fsp3) is 0. The third-order valence-electron chi connectivity index (χ3n) is 2.89. The highest BCUT2D eigenvalue weighted by molar-refractivity contribution is 5.79. The van der Waals surface area contributed by atoms with Crippen molar-refractivity contribution in [3.05, 3.63) is 72.9 Å². The molecule has 0 amide bonds. The zero-order valence-corrected chi connectivity index (χ0v) is 9.88. The van der Waals surface area contributed by atoms with Gasteiger partial charge in [0.05, 0.1) is 0 Å². The zero-order valence-electron chi connectivity index (χ0n) is 9.88. The van der Waals surface area contributed by atoms with Crippen molar-refractivity contribution in [2.75, 3.05) is 0 Å². The second kappa shape index (κ2) is 4.80. The van der Waals surface area contributed by atoms with Gasteiger partial charge in [-0.15, -0.1) is 5.10 Å². The van der Waals surface area contributed by atoms with Crippen LogP contribution in [0.5, 0.6) is 0 Å². The number of aromatic amines is 1. The fourth-order valence-electron chi connectivity index (χ4n) is 2.03. The normalized spacial score (nSPS) is 10.2. The zero-order chi connectivity index (χ0) is 12.2. The highest BCUT2D eigenvalue weighted by atomic mass is 15.1. The SMILES string of the molecule is c1ccc(-c2cc[nH+]nc2-c2ccccc2)cc1. The maximum atomic E-state index is 4.40. The number of benzene rings is 2. The third-order valence-corrected chi connectivity index (χ3v) is 2.89. The summed E-state index contributed by atoms with van der Waals surface area (Å²) in [5, 5.41) is 7.32. The van der Waals surface area contributed by atoms with Gasteiger partial charge < -0.3 is 0 Å². The Kier molecular flexibility index (Phi) is 2.84. The molecule has 0 radical (unpaired) electrons. The van der Waals surface area contributed by atoms with Crippen molar-refractivity contribution < 1.29 is 5.10 Å². The van der Waals surface area contributed by atoms with Gasteiger partial charge in [-0.3, -0.25) is 0 Å². The average molecular weight is 233 g/mol. The number of aromatic nitrogens is 2. The standard InChI is InChI=1S/C16H12N2/c1-3-7-13(8-4-1)15-11-12-17-18-16(15)14-9-5-2-6-10-14/h1-12H/p+1.